The number of aromatic nitrogens is 2. The van der Waals surface area contributed by atoms with Crippen LogP contribution >= 0.6 is 11.8 Å². The molecular formula is C12H21N3OS. The van der Waals surface area contributed by atoms with Gasteiger partial charge in [-0.15, -0.1) is 0 Å². The fraction of sp³-hybridized carbons (Fsp3) is 0.667. The molecule has 1 rings (SSSR count). The van der Waals surface area contributed by atoms with Gasteiger partial charge in [0.25, 0.3) is 0 Å². The Morgan fingerprint density at radius 3 is 2.71 bits per heavy atom. The van der Waals surface area contributed by atoms with Crippen molar-refractivity contribution in [2.75, 3.05) is 24.0 Å². The van der Waals surface area contributed by atoms with Crippen molar-refractivity contribution in [3.05, 3.63) is 17.5 Å². The van der Waals surface area contributed by atoms with Gasteiger partial charge in [-0.1, -0.05) is 6.92 Å². The second-order valence-electron chi connectivity index (χ2n) is 4.07. The quantitative estimate of drug-likeness (QED) is 0.840. The van der Waals surface area contributed by atoms with Crippen molar-refractivity contribution in [1.29, 1.82) is 0 Å². The predicted octanol–water partition coefficient (Wildman–Crippen LogP) is 1.86. The number of rotatable bonds is 6. The molecular weight excluding hydrogens is 234 g/mol. The van der Waals surface area contributed by atoms with Gasteiger partial charge in [-0.3, -0.25) is 0 Å². The Balaban J connectivity index is 2.87. The molecule has 0 spiro atoms. The van der Waals surface area contributed by atoms with Crippen molar-refractivity contribution in [2.24, 2.45) is 0 Å². The topological polar surface area (TPSA) is 49.2 Å². The van der Waals surface area contributed by atoms with Crippen LogP contribution in [-0.4, -0.2) is 40.2 Å². The Morgan fingerprint density at radius 2 is 2.24 bits per heavy atom. The van der Waals surface area contributed by atoms with E-state index >= 15 is 0 Å². The van der Waals surface area contributed by atoms with Crippen LogP contribution < -0.4 is 4.90 Å². The highest BCUT2D eigenvalue weighted by Crippen LogP contribution is 2.16. The summed E-state index contributed by atoms with van der Waals surface area (Å²) in [5.41, 5.74) is 1.64. The number of anilines is 1. The average Bonchev–Trinajstić information content (AvgIpc) is 2.35. The van der Waals surface area contributed by atoms with Crippen LogP contribution in [0.4, 0.5) is 5.95 Å². The number of hydrogen-bond donors (Lipinski definition) is 1. The fourth-order valence-corrected chi connectivity index (χ4v) is 2.51. The summed E-state index contributed by atoms with van der Waals surface area (Å²) in [6.07, 6.45) is 4.89. The molecule has 0 amide bonds. The van der Waals surface area contributed by atoms with Crippen LogP contribution in [0.2, 0.25) is 0 Å². The van der Waals surface area contributed by atoms with Gasteiger partial charge in [0.05, 0.1) is 6.61 Å². The zero-order valence-electron chi connectivity index (χ0n) is 11.0. The van der Waals surface area contributed by atoms with Crippen molar-refractivity contribution in [3.63, 3.8) is 0 Å². The average molecular weight is 255 g/mol. The maximum atomic E-state index is 9.09. The summed E-state index contributed by atoms with van der Waals surface area (Å²) < 4.78 is 0. The number of hydrogen-bond acceptors (Lipinski definition) is 5. The van der Waals surface area contributed by atoms with Gasteiger partial charge < -0.3 is 10.0 Å². The minimum absolute atomic E-state index is 0.00214. The molecule has 0 saturated heterocycles. The zero-order valence-corrected chi connectivity index (χ0v) is 11.8. The first-order chi connectivity index (χ1) is 8.13. The smallest absolute Gasteiger partial charge is 0.225 e. The lowest BCUT2D eigenvalue weighted by Gasteiger charge is -2.27. The predicted molar refractivity (Wildman–Crippen MR) is 73.6 cm³/mol. The second-order valence-corrected chi connectivity index (χ2v) is 4.98. The first-order valence-corrected chi connectivity index (χ1v) is 7.18. The maximum Gasteiger partial charge on any atom is 0.225 e. The van der Waals surface area contributed by atoms with Crippen molar-refractivity contribution in [1.82, 2.24) is 9.97 Å². The number of thioether (sulfide) groups is 1. The van der Waals surface area contributed by atoms with Crippen LogP contribution in [0, 0.1) is 6.92 Å². The van der Waals surface area contributed by atoms with Crippen LogP contribution in [0.3, 0.4) is 0 Å². The number of aliphatic hydroxyl groups excluding tert-OH is 1. The Labute approximate surface area is 107 Å². The van der Waals surface area contributed by atoms with Crippen molar-refractivity contribution in [2.45, 2.75) is 32.9 Å². The summed E-state index contributed by atoms with van der Waals surface area (Å²) in [5, 5.41) is 9.09. The van der Waals surface area contributed by atoms with E-state index in [-0.39, 0.29) is 6.61 Å². The van der Waals surface area contributed by atoms with E-state index in [0.29, 0.717) is 6.04 Å². The van der Waals surface area contributed by atoms with Crippen LogP contribution in [0.1, 0.15) is 24.6 Å². The van der Waals surface area contributed by atoms with Crippen molar-refractivity contribution < 1.29 is 5.11 Å². The standard InChI is InChI=1S/C12H21N3OS/c1-5-11(8-17-4)15(3)12-13-6-10(7-16)9(2)14-12/h6,11,16H,5,7-8H2,1-4H3. The third kappa shape index (κ3) is 3.57. The molecule has 1 aromatic rings. The number of nitrogens with zero attached hydrogens (tertiary/aromatic N) is 3. The highest BCUT2D eigenvalue weighted by Gasteiger charge is 2.15. The highest BCUT2D eigenvalue weighted by atomic mass is 32.2. The van der Waals surface area contributed by atoms with E-state index in [0.717, 1.165) is 29.4 Å². The Hall–Kier alpha value is -0.810. The summed E-state index contributed by atoms with van der Waals surface area (Å²) in [7, 11) is 2.03. The van der Waals surface area contributed by atoms with E-state index in [1.807, 2.05) is 25.7 Å². The monoisotopic (exact) mass is 255 g/mol. The van der Waals surface area contributed by atoms with E-state index in [2.05, 4.69) is 28.0 Å². The lowest BCUT2D eigenvalue weighted by molar-refractivity contribution is 0.280. The molecule has 0 radical (unpaired) electrons. The lowest BCUT2D eigenvalue weighted by atomic mass is 10.2. The van der Waals surface area contributed by atoms with E-state index in [9.17, 15) is 0 Å². The molecule has 4 nitrogen and oxygen atoms in total. The molecule has 17 heavy (non-hydrogen) atoms. The Morgan fingerprint density at radius 1 is 1.53 bits per heavy atom. The molecule has 5 heteroatoms. The Bertz CT molecular complexity index is 360. The molecule has 0 aliphatic carbocycles. The Kier molecular flexibility index (Phi) is 5.71. The minimum Gasteiger partial charge on any atom is -0.392 e. The first kappa shape index (κ1) is 14.3. The minimum atomic E-state index is -0.00214. The molecule has 0 aliphatic rings. The van der Waals surface area contributed by atoms with Crippen molar-refractivity contribution in [3.8, 4) is 0 Å². The summed E-state index contributed by atoms with van der Waals surface area (Å²) in [5.74, 6) is 1.80. The molecule has 0 fully saturated rings. The molecule has 1 unspecified atom stereocenters. The molecule has 0 aromatic carbocycles. The normalized spacial score (nSPS) is 12.5. The van der Waals surface area contributed by atoms with E-state index in [4.69, 9.17) is 5.11 Å². The van der Waals surface area contributed by atoms with Crippen LogP contribution in [0.5, 0.6) is 0 Å². The lowest BCUT2D eigenvalue weighted by Crippen LogP contribution is -2.34. The van der Waals surface area contributed by atoms with Gasteiger partial charge in [-0.2, -0.15) is 11.8 Å². The summed E-state index contributed by atoms with van der Waals surface area (Å²) in [4.78, 5) is 10.9. The largest absolute Gasteiger partial charge is 0.392 e. The number of aryl methyl sites for hydroxylation is 1. The molecule has 1 atom stereocenters. The van der Waals surface area contributed by atoms with Gasteiger partial charge >= 0.3 is 0 Å². The van der Waals surface area contributed by atoms with Gasteiger partial charge in [0, 0.05) is 36.3 Å². The fourth-order valence-electron chi connectivity index (χ4n) is 1.66. The molecule has 0 bridgehead atoms. The summed E-state index contributed by atoms with van der Waals surface area (Å²) in [6.45, 7) is 4.07. The van der Waals surface area contributed by atoms with Gasteiger partial charge in [0.15, 0.2) is 0 Å². The SMILES string of the molecule is CCC(CSC)N(C)c1ncc(CO)c(C)n1. The summed E-state index contributed by atoms with van der Waals surface area (Å²) >= 11 is 1.83. The molecule has 1 N–H and O–H groups in total. The van der Waals surface area contributed by atoms with Gasteiger partial charge in [0.1, 0.15) is 0 Å². The molecule has 96 valence electrons. The molecule has 1 aromatic heterocycles. The van der Waals surface area contributed by atoms with Gasteiger partial charge in [-0.05, 0) is 19.6 Å². The zero-order chi connectivity index (χ0) is 12.8. The third-order valence-corrected chi connectivity index (χ3v) is 3.65. The van der Waals surface area contributed by atoms with Crippen molar-refractivity contribution >= 4 is 17.7 Å². The molecule has 0 saturated carbocycles. The third-order valence-electron chi connectivity index (χ3n) is 2.93. The molecule has 0 aliphatic heterocycles. The number of aliphatic hydroxyl groups is 1. The van der Waals surface area contributed by atoms with E-state index in [1.54, 1.807) is 6.20 Å². The second kappa shape index (κ2) is 6.81. The maximum absolute atomic E-state index is 9.09. The van der Waals surface area contributed by atoms with Crippen LogP contribution in [0.15, 0.2) is 6.20 Å². The van der Waals surface area contributed by atoms with Crippen LogP contribution in [0.25, 0.3) is 0 Å². The van der Waals surface area contributed by atoms with E-state index < -0.39 is 0 Å². The van der Waals surface area contributed by atoms with Gasteiger partial charge in [-0.25, -0.2) is 9.97 Å². The summed E-state index contributed by atoms with van der Waals surface area (Å²) in [6, 6.07) is 0.448. The first-order valence-electron chi connectivity index (χ1n) is 5.79. The van der Waals surface area contributed by atoms with E-state index in [1.165, 1.54) is 0 Å². The van der Waals surface area contributed by atoms with Crippen LogP contribution in [-0.2, 0) is 6.61 Å². The van der Waals surface area contributed by atoms with Gasteiger partial charge in [0.2, 0.25) is 5.95 Å². The highest BCUT2D eigenvalue weighted by molar-refractivity contribution is 7.98. The molecule has 1 heterocycles.